The Kier molecular flexibility index (Phi) is 8.15. The maximum Gasteiger partial charge on any atom is 0.164 e. The molecule has 13 aromatic rings. The minimum atomic E-state index is 0.574. The number of hydrogen-bond donors (Lipinski definition) is 0. The van der Waals surface area contributed by atoms with Gasteiger partial charge < -0.3 is 8.98 Å². The van der Waals surface area contributed by atoms with E-state index in [1.165, 1.54) is 32.3 Å². The Morgan fingerprint density at radius 3 is 1.55 bits per heavy atom. The largest absolute Gasteiger partial charge is 0.455 e. The van der Waals surface area contributed by atoms with E-state index in [9.17, 15) is 0 Å². The molecule has 0 bridgehead atoms. The summed E-state index contributed by atoms with van der Waals surface area (Å²) in [5.41, 5.74) is 11.7. The zero-order valence-corrected chi connectivity index (χ0v) is 34.5. The summed E-state index contributed by atoms with van der Waals surface area (Å²) in [5.74, 6) is 1.79. The number of nitrogens with zero attached hydrogens (tertiary/aromatic N) is 4. The van der Waals surface area contributed by atoms with Gasteiger partial charge in [0.25, 0.3) is 0 Å². The molecule has 0 radical (unpaired) electrons. The molecule has 3 heterocycles. The summed E-state index contributed by atoms with van der Waals surface area (Å²) in [4.78, 5) is 15.6. The third kappa shape index (κ3) is 5.83. The van der Waals surface area contributed by atoms with Gasteiger partial charge in [0.15, 0.2) is 17.5 Å². The van der Waals surface area contributed by atoms with Gasteiger partial charge in [0.2, 0.25) is 0 Å². The van der Waals surface area contributed by atoms with Gasteiger partial charge in [-0.1, -0.05) is 170 Å². The Morgan fingerprint density at radius 1 is 0.312 bits per heavy atom. The third-order valence-electron chi connectivity index (χ3n) is 12.6. The fraction of sp³-hybridized carbons (Fsp3) is 0. The van der Waals surface area contributed by atoms with Crippen LogP contribution in [0.25, 0.3) is 127 Å². The van der Waals surface area contributed by atoms with Gasteiger partial charge in [-0.25, -0.2) is 15.0 Å². The smallest absolute Gasteiger partial charge is 0.164 e. The van der Waals surface area contributed by atoms with Gasteiger partial charge in [0.05, 0.1) is 11.0 Å². The lowest BCUT2D eigenvalue weighted by molar-refractivity contribution is 0.670. The molecule has 10 aromatic carbocycles. The fourth-order valence-electron chi connectivity index (χ4n) is 9.59. The summed E-state index contributed by atoms with van der Waals surface area (Å²) in [6.45, 7) is 0. The van der Waals surface area contributed by atoms with Crippen molar-refractivity contribution in [2.75, 3.05) is 0 Å². The van der Waals surface area contributed by atoms with Crippen molar-refractivity contribution in [1.29, 1.82) is 0 Å². The van der Waals surface area contributed by atoms with E-state index < -0.39 is 0 Å². The maximum atomic E-state index is 6.95. The van der Waals surface area contributed by atoms with Crippen molar-refractivity contribution in [3.05, 3.63) is 218 Å². The van der Waals surface area contributed by atoms with Crippen molar-refractivity contribution >= 4 is 65.3 Å². The molecule has 0 spiro atoms. The van der Waals surface area contributed by atoms with Gasteiger partial charge in [-0.2, -0.15) is 0 Å². The van der Waals surface area contributed by atoms with Crippen molar-refractivity contribution in [3.63, 3.8) is 0 Å². The molecule has 0 aliphatic heterocycles. The average Bonchev–Trinajstić information content (AvgIpc) is 3.92. The number of furan rings is 1. The first-order valence-electron chi connectivity index (χ1n) is 21.6. The molecule has 5 heteroatoms. The zero-order chi connectivity index (χ0) is 42.1. The average molecular weight is 817 g/mol. The molecule has 0 aliphatic carbocycles. The Bertz CT molecular complexity index is 3850. The monoisotopic (exact) mass is 816 g/mol. The van der Waals surface area contributed by atoms with Crippen LogP contribution in [0.2, 0.25) is 0 Å². The number of fused-ring (bicyclic) bond motifs is 9. The standard InChI is InChI=1S/C59H36N4O/c1-3-16-39(17-4-1)57-60-58(40-18-5-2-6-19-40)62-59(61-57)48-32-31-42(41-30-29-38-28-27-37-15-7-8-20-44(37)49(38)33-41)34-50(48)52-36-43(35-51-47-23-11-14-26-55(47)64-56(51)52)63-53-24-12-9-21-45(53)46-22-10-13-25-54(46)63/h1-36H. The lowest BCUT2D eigenvalue weighted by Crippen LogP contribution is -2.01. The fourth-order valence-corrected chi connectivity index (χ4v) is 9.59. The first-order valence-corrected chi connectivity index (χ1v) is 21.6. The number of para-hydroxylation sites is 3. The molecule has 0 saturated heterocycles. The molecule has 0 N–H and O–H groups in total. The summed E-state index contributed by atoms with van der Waals surface area (Å²) in [7, 11) is 0. The van der Waals surface area contributed by atoms with Crippen molar-refractivity contribution in [2.24, 2.45) is 0 Å². The van der Waals surface area contributed by atoms with Gasteiger partial charge >= 0.3 is 0 Å². The summed E-state index contributed by atoms with van der Waals surface area (Å²) in [6.07, 6.45) is 0. The van der Waals surface area contributed by atoms with E-state index in [0.29, 0.717) is 17.5 Å². The first-order chi connectivity index (χ1) is 31.7. The van der Waals surface area contributed by atoms with Crippen LogP contribution in [0.1, 0.15) is 0 Å². The molecule has 5 nitrogen and oxygen atoms in total. The summed E-state index contributed by atoms with van der Waals surface area (Å²) in [6, 6.07) is 77.0. The van der Waals surface area contributed by atoms with Crippen LogP contribution in [0.4, 0.5) is 0 Å². The van der Waals surface area contributed by atoms with E-state index in [2.05, 4.69) is 180 Å². The molecular weight excluding hydrogens is 781 g/mol. The Labute approximate surface area is 368 Å². The highest BCUT2D eigenvalue weighted by Gasteiger charge is 2.23. The SMILES string of the molecule is c1ccc(-c2nc(-c3ccccc3)nc(-c3ccc(-c4ccc5ccc6ccccc6c5c4)cc3-c3cc(-n4c5ccccc5c5ccccc54)cc4c3oc3ccccc34)n2)cc1. The van der Waals surface area contributed by atoms with Gasteiger partial charge in [-0.15, -0.1) is 0 Å². The maximum absolute atomic E-state index is 6.95. The molecule has 3 aromatic heterocycles. The van der Waals surface area contributed by atoms with Crippen molar-refractivity contribution < 1.29 is 4.42 Å². The van der Waals surface area contributed by atoms with Crippen molar-refractivity contribution in [1.82, 2.24) is 19.5 Å². The van der Waals surface area contributed by atoms with Crippen LogP contribution in [-0.2, 0) is 0 Å². The van der Waals surface area contributed by atoms with Gasteiger partial charge in [-0.05, 0) is 86.8 Å². The van der Waals surface area contributed by atoms with Crippen LogP contribution in [0.5, 0.6) is 0 Å². The minimum Gasteiger partial charge on any atom is -0.455 e. The highest BCUT2D eigenvalue weighted by Crippen LogP contribution is 2.45. The summed E-state index contributed by atoms with van der Waals surface area (Å²) >= 11 is 0. The van der Waals surface area contributed by atoms with Crippen molar-refractivity contribution in [2.45, 2.75) is 0 Å². The Balaban J connectivity index is 1.13. The molecule has 64 heavy (non-hydrogen) atoms. The molecular formula is C59H36N4O. The van der Waals surface area contributed by atoms with Crippen LogP contribution in [-0.4, -0.2) is 19.5 Å². The van der Waals surface area contributed by atoms with Crippen LogP contribution in [0, 0.1) is 0 Å². The Hall–Kier alpha value is -8.67. The lowest BCUT2D eigenvalue weighted by Gasteiger charge is -2.16. The number of hydrogen-bond acceptors (Lipinski definition) is 4. The molecule has 0 aliphatic rings. The van der Waals surface area contributed by atoms with E-state index in [-0.39, 0.29) is 0 Å². The van der Waals surface area contributed by atoms with Gasteiger partial charge in [0, 0.05) is 49.5 Å². The molecule has 13 rings (SSSR count). The highest BCUT2D eigenvalue weighted by molar-refractivity contribution is 6.14. The normalized spacial score (nSPS) is 11.8. The molecule has 0 unspecified atom stereocenters. The number of benzene rings is 10. The number of rotatable bonds is 6. The minimum absolute atomic E-state index is 0.574. The Morgan fingerprint density at radius 2 is 0.844 bits per heavy atom. The third-order valence-corrected chi connectivity index (χ3v) is 12.6. The molecule has 0 saturated carbocycles. The van der Waals surface area contributed by atoms with Crippen LogP contribution in [0.3, 0.4) is 0 Å². The molecule has 298 valence electrons. The highest BCUT2D eigenvalue weighted by atomic mass is 16.3. The van der Waals surface area contributed by atoms with Crippen LogP contribution < -0.4 is 0 Å². The second kappa shape index (κ2) is 14.5. The van der Waals surface area contributed by atoms with E-state index in [4.69, 9.17) is 19.4 Å². The first kappa shape index (κ1) is 36.0. The van der Waals surface area contributed by atoms with Gasteiger partial charge in [0.1, 0.15) is 11.2 Å². The van der Waals surface area contributed by atoms with E-state index in [0.717, 1.165) is 77.6 Å². The van der Waals surface area contributed by atoms with Gasteiger partial charge in [-0.3, -0.25) is 0 Å². The van der Waals surface area contributed by atoms with E-state index >= 15 is 0 Å². The lowest BCUT2D eigenvalue weighted by atomic mass is 9.91. The number of aromatic nitrogens is 4. The zero-order valence-electron chi connectivity index (χ0n) is 34.5. The predicted octanol–water partition coefficient (Wildman–Crippen LogP) is 15.5. The van der Waals surface area contributed by atoms with Crippen LogP contribution >= 0.6 is 0 Å². The summed E-state index contributed by atoms with van der Waals surface area (Å²) in [5, 5.41) is 9.36. The van der Waals surface area contributed by atoms with Crippen molar-refractivity contribution in [3.8, 4) is 62.1 Å². The second-order valence-electron chi connectivity index (χ2n) is 16.4. The van der Waals surface area contributed by atoms with E-state index in [1.54, 1.807) is 0 Å². The van der Waals surface area contributed by atoms with Crippen LogP contribution in [0.15, 0.2) is 223 Å². The second-order valence-corrected chi connectivity index (χ2v) is 16.4. The quantitative estimate of drug-likeness (QED) is 0.157. The topological polar surface area (TPSA) is 56.7 Å². The molecule has 0 atom stereocenters. The molecule has 0 fully saturated rings. The summed E-state index contributed by atoms with van der Waals surface area (Å²) < 4.78 is 9.34. The molecule has 0 amide bonds. The predicted molar refractivity (Wildman–Crippen MR) is 264 cm³/mol. The van der Waals surface area contributed by atoms with E-state index in [1.807, 2.05) is 42.5 Å².